The molecule has 7 nitrogen and oxygen atoms in total. The van der Waals surface area contributed by atoms with Crippen molar-refractivity contribution in [1.82, 2.24) is 14.8 Å². The number of nitro benzene ring substituents is 1. The fraction of sp³-hybridized carbons (Fsp3) is 0.0588. The van der Waals surface area contributed by atoms with Crippen molar-refractivity contribution in [1.29, 1.82) is 0 Å². The first kappa shape index (κ1) is 18.1. The molecule has 3 aromatic rings. The van der Waals surface area contributed by atoms with Crippen molar-refractivity contribution in [3.05, 3.63) is 86.4 Å². The van der Waals surface area contributed by atoms with E-state index in [0.717, 1.165) is 0 Å². The van der Waals surface area contributed by atoms with Crippen LogP contribution in [0, 0.1) is 10.1 Å². The molecule has 0 aliphatic rings. The first-order valence-electron chi connectivity index (χ1n) is 7.40. The second-order valence-electron chi connectivity index (χ2n) is 5.33. The summed E-state index contributed by atoms with van der Waals surface area (Å²) in [6.45, 7) is 0. The average molecular weight is 391 g/mol. The molecule has 26 heavy (non-hydrogen) atoms. The second-order valence-corrected chi connectivity index (χ2v) is 6.17. The molecule has 9 heteroatoms. The maximum atomic E-state index is 10.8. The highest BCUT2D eigenvalue weighted by Crippen LogP contribution is 2.33. The van der Waals surface area contributed by atoms with Crippen LogP contribution >= 0.6 is 23.2 Å². The van der Waals surface area contributed by atoms with E-state index in [1.165, 1.54) is 35.5 Å². The monoisotopic (exact) mass is 390 g/mol. The van der Waals surface area contributed by atoms with E-state index in [9.17, 15) is 15.2 Å². The van der Waals surface area contributed by atoms with Gasteiger partial charge in [-0.3, -0.25) is 10.1 Å². The van der Waals surface area contributed by atoms with Gasteiger partial charge < -0.3 is 5.11 Å². The van der Waals surface area contributed by atoms with Crippen molar-refractivity contribution in [2.24, 2.45) is 0 Å². The molecule has 1 aromatic heterocycles. The third-order valence-corrected chi connectivity index (χ3v) is 4.20. The summed E-state index contributed by atoms with van der Waals surface area (Å²) in [5.74, 6) is 0. The molecule has 0 aliphatic heterocycles. The Hall–Kier alpha value is -2.74. The van der Waals surface area contributed by atoms with Gasteiger partial charge in [-0.05, 0) is 35.9 Å². The Bertz CT molecular complexity index is 957. The zero-order valence-corrected chi connectivity index (χ0v) is 14.7. The van der Waals surface area contributed by atoms with Gasteiger partial charge in [0.1, 0.15) is 18.8 Å². The topological polar surface area (TPSA) is 94.1 Å². The van der Waals surface area contributed by atoms with Crippen LogP contribution in [0.1, 0.15) is 17.2 Å². The van der Waals surface area contributed by atoms with Crippen LogP contribution in [0.15, 0.2) is 55.1 Å². The summed E-state index contributed by atoms with van der Waals surface area (Å²) in [6, 6.07) is 10.7. The third kappa shape index (κ3) is 3.91. The molecule has 0 bridgehead atoms. The Morgan fingerprint density at radius 3 is 2.54 bits per heavy atom. The number of benzene rings is 2. The van der Waals surface area contributed by atoms with Gasteiger partial charge in [-0.1, -0.05) is 29.3 Å². The average Bonchev–Trinajstić information content (AvgIpc) is 3.14. The van der Waals surface area contributed by atoms with Crippen molar-refractivity contribution in [2.45, 2.75) is 6.10 Å². The predicted octanol–water partition coefficient (Wildman–Crippen LogP) is 4.22. The van der Waals surface area contributed by atoms with E-state index in [2.05, 4.69) is 10.1 Å². The van der Waals surface area contributed by atoms with Gasteiger partial charge in [0, 0.05) is 27.7 Å². The SMILES string of the molecule is O=[N+]([O-])c1ccc(/C=C(/[C@@H](O)c2ccc(Cl)cc2Cl)n2cncn2)cc1. The van der Waals surface area contributed by atoms with Crippen LogP contribution in [0.5, 0.6) is 0 Å². The smallest absolute Gasteiger partial charge is 0.269 e. The Labute approximate surface area is 158 Å². The fourth-order valence-corrected chi connectivity index (χ4v) is 2.87. The number of non-ortho nitro benzene ring substituents is 1. The lowest BCUT2D eigenvalue weighted by Gasteiger charge is -2.17. The van der Waals surface area contributed by atoms with Crippen molar-refractivity contribution in [3.8, 4) is 0 Å². The van der Waals surface area contributed by atoms with Gasteiger partial charge in [-0.2, -0.15) is 5.10 Å². The molecular weight excluding hydrogens is 379 g/mol. The summed E-state index contributed by atoms with van der Waals surface area (Å²) in [5.41, 5.74) is 1.44. The molecule has 0 aliphatic carbocycles. The summed E-state index contributed by atoms with van der Waals surface area (Å²) >= 11 is 12.1. The minimum absolute atomic E-state index is 0.0225. The van der Waals surface area contributed by atoms with E-state index in [1.54, 1.807) is 30.3 Å². The van der Waals surface area contributed by atoms with Gasteiger partial charge >= 0.3 is 0 Å². The van der Waals surface area contributed by atoms with Gasteiger partial charge in [0.25, 0.3) is 5.69 Å². The van der Waals surface area contributed by atoms with Gasteiger partial charge in [0.15, 0.2) is 0 Å². The third-order valence-electron chi connectivity index (χ3n) is 3.64. The van der Waals surface area contributed by atoms with Crippen molar-refractivity contribution < 1.29 is 10.0 Å². The molecule has 1 N–H and O–H groups in total. The van der Waals surface area contributed by atoms with Crippen molar-refractivity contribution in [3.63, 3.8) is 0 Å². The number of aromatic nitrogens is 3. The Morgan fingerprint density at radius 2 is 1.96 bits per heavy atom. The highest BCUT2D eigenvalue weighted by atomic mass is 35.5. The molecule has 0 amide bonds. The fourth-order valence-electron chi connectivity index (χ4n) is 2.36. The standard InChI is InChI=1S/C17H12Cl2N4O3/c18-12-3-6-14(15(19)8-12)17(24)16(22-10-20-9-21-22)7-11-1-4-13(5-2-11)23(25)26/h1-10,17,24H/b16-7-/t17-/m0/s1. The van der Waals surface area contributed by atoms with Crippen LogP contribution < -0.4 is 0 Å². The number of nitrogens with zero attached hydrogens (tertiary/aromatic N) is 4. The lowest BCUT2D eigenvalue weighted by Crippen LogP contribution is -2.09. The molecule has 0 spiro atoms. The molecule has 3 rings (SSSR count). The van der Waals surface area contributed by atoms with Crippen molar-refractivity contribution in [2.75, 3.05) is 0 Å². The Morgan fingerprint density at radius 1 is 1.23 bits per heavy atom. The zero-order chi connectivity index (χ0) is 18.7. The molecule has 0 unspecified atom stereocenters. The zero-order valence-electron chi connectivity index (χ0n) is 13.2. The normalized spacial score (nSPS) is 12.8. The lowest BCUT2D eigenvalue weighted by molar-refractivity contribution is -0.384. The number of hydrogen-bond donors (Lipinski definition) is 1. The summed E-state index contributed by atoms with van der Waals surface area (Å²) < 4.78 is 1.40. The van der Waals surface area contributed by atoms with E-state index in [1.807, 2.05) is 0 Å². The highest BCUT2D eigenvalue weighted by Gasteiger charge is 2.19. The largest absolute Gasteiger partial charge is 0.382 e. The minimum atomic E-state index is -1.11. The van der Waals surface area contributed by atoms with Crippen LogP contribution in [0.25, 0.3) is 11.8 Å². The number of hydrogen-bond acceptors (Lipinski definition) is 5. The maximum absolute atomic E-state index is 10.8. The highest BCUT2D eigenvalue weighted by molar-refractivity contribution is 6.35. The molecule has 2 aromatic carbocycles. The van der Waals surface area contributed by atoms with Crippen LogP contribution in [0.2, 0.25) is 10.0 Å². The molecule has 1 heterocycles. The van der Waals surface area contributed by atoms with Crippen LogP contribution in [0.3, 0.4) is 0 Å². The molecule has 0 saturated heterocycles. The Kier molecular flexibility index (Phi) is 5.32. The summed E-state index contributed by atoms with van der Waals surface area (Å²) in [5, 5.41) is 26.4. The van der Waals surface area contributed by atoms with Crippen molar-refractivity contribution >= 4 is 40.7 Å². The molecular formula is C17H12Cl2N4O3. The lowest BCUT2D eigenvalue weighted by atomic mass is 10.0. The van der Waals surface area contributed by atoms with E-state index < -0.39 is 11.0 Å². The Balaban J connectivity index is 2.04. The first-order valence-corrected chi connectivity index (χ1v) is 8.15. The number of rotatable bonds is 5. The minimum Gasteiger partial charge on any atom is -0.382 e. The summed E-state index contributed by atoms with van der Waals surface area (Å²) in [7, 11) is 0. The van der Waals surface area contributed by atoms with Gasteiger partial charge in [0.05, 0.1) is 10.6 Å². The van der Waals surface area contributed by atoms with E-state index in [0.29, 0.717) is 26.9 Å². The summed E-state index contributed by atoms with van der Waals surface area (Å²) in [4.78, 5) is 14.2. The molecule has 0 saturated carbocycles. The van der Waals surface area contributed by atoms with Gasteiger partial charge in [0.2, 0.25) is 0 Å². The summed E-state index contributed by atoms with van der Waals surface area (Å²) in [6.07, 6.45) is 3.30. The quantitative estimate of drug-likeness (QED) is 0.519. The van der Waals surface area contributed by atoms with Gasteiger partial charge in [-0.15, -0.1) is 0 Å². The number of aliphatic hydroxyl groups excluding tert-OH is 1. The number of aliphatic hydroxyl groups is 1. The molecule has 132 valence electrons. The van der Waals surface area contributed by atoms with Crippen LogP contribution in [-0.2, 0) is 0 Å². The number of nitro groups is 1. The van der Waals surface area contributed by atoms with Gasteiger partial charge in [-0.25, -0.2) is 9.67 Å². The van der Waals surface area contributed by atoms with E-state index in [-0.39, 0.29) is 5.69 Å². The predicted molar refractivity (Wildman–Crippen MR) is 98.7 cm³/mol. The molecule has 0 fully saturated rings. The molecule has 1 atom stereocenters. The second kappa shape index (κ2) is 7.65. The first-order chi connectivity index (χ1) is 12.5. The molecule has 0 radical (unpaired) electrons. The maximum Gasteiger partial charge on any atom is 0.269 e. The number of halogens is 2. The van der Waals surface area contributed by atoms with E-state index in [4.69, 9.17) is 23.2 Å². The van der Waals surface area contributed by atoms with Crippen LogP contribution in [0.4, 0.5) is 5.69 Å². The van der Waals surface area contributed by atoms with E-state index >= 15 is 0 Å². The van der Waals surface area contributed by atoms with Crippen LogP contribution in [-0.4, -0.2) is 24.8 Å².